The third-order valence-electron chi connectivity index (χ3n) is 3.99. The molecule has 0 saturated carbocycles. The van der Waals surface area contributed by atoms with Crippen molar-refractivity contribution in [2.75, 3.05) is 26.2 Å². The van der Waals surface area contributed by atoms with Crippen LogP contribution in [0.1, 0.15) is 42.5 Å². The van der Waals surface area contributed by atoms with Gasteiger partial charge in [0.15, 0.2) is 6.61 Å². The lowest BCUT2D eigenvalue weighted by Gasteiger charge is -2.24. The van der Waals surface area contributed by atoms with Crippen LogP contribution in [0.4, 0.5) is 0 Å². The van der Waals surface area contributed by atoms with E-state index in [0.717, 1.165) is 38.8 Å². The maximum absolute atomic E-state index is 12.1. The van der Waals surface area contributed by atoms with E-state index in [1.165, 1.54) is 6.42 Å². The molecule has 0 spiro atoms. The van der Waals surface area contributed by atoms with Crippen molar-refractivity contribution < 1.29 is 19.1 Å². The summed E-state index contributed by atoms with van der Waals surface area (Å²) in [7, 11) is 0. The molecule has 130 valence electrons. The molecular weight excluding hydrogens is 308 g/mol. The number of benzene rings is 1. The number of hydrogen-bond donors (Lipinski definition) is 1. The Morgan fingerprint density at radius 2 is 1.58 bits per heavy atom. The van der Waals surface area contributed by atoms with E-state index >= 15 is 0 Å². The Balaban J connectivity index is 1.68. The normalized spacial score (nSPS) is 15.1. The van der Waals surface area contributed by atoms with E-state index in [4.69, 9.17) is 4.74 Å². The Labute approximate surface area is 142 Å². The zero-order valence-electron chi connectivity index (χ0n) is 13.8. The van der Waals surface area contributed by atoms with Crippen LogP contribution in [0.2, 0.25) is 0 Å². The van der Waals surface area contributed by atoms with Crippen molar-refractivity contribution in [1.29, 1.82) is 0 Å². The zero-order chi connectivity index (χ0) is 17.2. The first-order valence-corrected chi connectivity index (χ1v) is 8.43. The second-order valence-electron chi connectivity index (χ2n) is 5.86. The highest BCUT2D eigenvalue weighted by Crippen LogP contribution is 2.10. The molecule has 2 amide bonds. The molecule has 1 aromatic carbocycles. The lowest BCUT2D eigenvalue weighted by atomic mass is 10.1. The van der Waals surface area contributed by atoms with Crippen molar-refractivity contribution in [3.05, 3.63) is 35.9 Å². The number of rotatable bonds is 5. The SMILES string of the molecule is O=C(CNC(=O)c1ccccc1)OCC(=O)N1CCCCCCC1. The molecule has 0 bridgehead atoms. The van der Waals surface area contributed by atoms with Gasteiger partial charge in [-0.2, -0.15) is 0 Å². The maximum atomic E-state index is 12.1. The molecule has 2 rings (SSSR count). The molecule has 1 aromatic rings. The third-order valence-corrected chi connectivity index (χ3v) is 3.99. The Hall–Kier alpha value is -2.37. The van der Waals surface area contributed by atoms with Crippen LogP contribution in [0.15, 0.2) is 30.3 Å². The summed E-state index contributed by atoms with van der Waals surface area (Å²) in [6, 6.07) is 8.62. The Morgan fingerprint density at radius 3 is 2.25 bits per heavy atom. The van der Waals surface area contributed by atoms with Gasteiger partial charge in [-0.25, -0.2) is 0 Å². The van der Waals surface area contributed by atoms with Gasteiger partial charge in [0.1, 0.15) is 6.54 Å². The van der Waals surface area contributed by atoms with E-state index in [9.17, 15) is 14.4 Å². The zero-order valence-corrected chi connectivity index (χ0v) is 13.8. The fourth-order valence-corrected chi connectivity index (χ4v) is 2.63. The topological polar surface area (TPSA) is 75.7 Å². The highest BCUT2D eigenvalue weighted by molar-refractivity contribution is 5.96. The van der Waals surface area contributed by atoms with Crippen molar-refractivity contribution >= 4 is 17.8 Å². The standard InChI is InChI=1S/C18H24N2O4/c21-16(20-11-7-2-1-3-8-12-20)14-24-17(22)13-19-18(23)15-9-5-4-6-10-15/h4-6,9-10H,1-3,7-8,11-14H2,(H,19,23). The molecule has 6 heteroatoms. The molecule has 1 N–H and O–H groups in total. The first kappa shape index (κ1) is 18.0. The summed E-state index contributed by atoms with van der Waals surface area (Å²) in [5.74, 6) is -1.12. The van der Waals surface area contributed by atoms with Crippen LogP contribution in [0.3, 0.4) is 0 Å². The quantitative estimate of drug-likeness (QED) is 0.834. The van der Waals surface area contributed by atoms with E-state index in [-0.39, 0.29) is 25.0 Å². The number of nitrogens with zero attached hydrogens (tertiary/aromatic N) is 1. The van der Waals surface area contributed by atoms with Crippen molar-refractivity contribution in [3.8, 4) is 0 Å². The van der Waals surface area contributed by atoms with Gasteiger partial charge in [0.05, 0.1) is 0 Å². The summed E-state index contributed by atoms with van der Waals surface area (Å²) < 4.78 is 4.97. The smallest absolute Gasteiger partial charge is 0.325 e. The van der Waals surface area contributed by atoms with Gasteiger partial charge < -0.3 is 15.0 Å². The van der Waals surface area contributed by atoms with Crippen molar-refractivity contribution in [1.82, 2.24) is 10.2 Å². The lowest BCUT2D eigenvalue weighted by Crippen LogP contribution is -2.38. The van der Waals surface area contributed by atoms with Crippen molar-refractivity contribution in [2.24, 2.45) is 0 Å². The number of ether oxygens (including phenoxy) is 1. The molecule has 0 atom stereocenters. The highest BCUT2D eigenvalue weighted by Gasteiger charge is 2.17. The first-order valence-electron chi connectivity index (χ1n) is 8.43. The second kappa shape index (κ2) is 9.70. The van der Waals surface area contributed by atoms with E-state index in [1.807, 2.05) is 6.07 Å². The van der Waals surface area contributed by atoms with Crippen LogP contribution in [0, 0.1) is 0 Å². The van der Waals surface area contributed by atoms with Crippen LogP contribution in [0.5, 0.6) is 0 Å². The van der Waals surface area contributed by atoms with Gasteiger partial charge >= 0.3 is 5.97 Å². The van der Waals surface area contributed by atoms with E-state index in [0.29, 0.717) is 5.56 Å². The van der Waals surface area contributed by atoms with Gasteiger partial charge in [0.2, 0.25) is 0 Å². The van der Waals surface area contributed by atoms with E-state index in [1.54, 1.807) is 29.2 Å². The van der Waals surface area contributed by atoms with Crippen molar-refractivity contribution in [3.63, 3.8) is 0 Å². The fraction of sp³-hybridized carbons (Fsp3) is 0.500. The summed E-state index contributed by atoms with van der Waals surface area (Å²) in [6.07, 6.45) is 5.47. The number of esters is 1. The average Bonchev–Trinajstić information content (AvgIpc) is 2.58. The maximum Gasteiger partial charge on any atom is 0.325 e. The first-order chi connectivity index (χ1) is 11.7. The number of nitrogens with one attached hydrogen (secondary N) is 1. The summed E-state index contributed by atoms with van der Waals surface area (Å²) in [4.78, 5) is 37.3. The summed E-state index contributed by atoms with van der Waals surface area (Å²) >= 11 is 0. The number of likely N-dealkylation sites (tertiary alicyclic amines) is 1. The minimum absolute atomic E-state index is 0.167. The van der Waals surface area contributed by atoms with Crippen molar-refractivity contribution in [2.45, 2.75) is 32.1 Å². The van der Waals surface area contributed by atoms with Gasteiger partial charge in [0, 0.05) is 18.7 Å². The monoisotopic (exact) mass is 332 g/mol. The van der Waals surface area contributed by atoms with Crippen LogP contribution in [0.25, 0.3) is 0 Å². The molecule has 24 heavy (non-hydrogen) atoms. The molecule has 0 radical (unpaired) electrons. The highest BCUT2D eigenvalue weighted by atomic mass is 16.5. The van der Waals surface area contributed by atoms with Gasteiger partial charge in [-0.15, -0.1) is 0 Å². The molecule has 0 unspecified atom stereocenters. The molecule has 1 aliphatic heterocycles. The number of carbonyl (C=O) groups is 3. The minimum atomic E-state index is -0.611. The molecule has 6 nitrogen and oxygen atoms in total. The Kier molecular flexibility index (Phi) is 7.26. The average molecular weight is 332 g/mol. The molecule has 1 aliphatic rings. The van der Waals surface area contributed by atoms with Crippen LogP contribution < -0.4 is 5.32 Å². The summed E-state index contributed by atoms with van der Waals surface area (Å²) in [5, 5.41) is 2.48. The van der Waals surface area contributed by atoms with Gasteiger partial charge in [-0.3, -0.25) is 14.4 Å². The molecule has 0 aliphatic carbocycles. The molecular formula is C18H24N2O4. The Bertz CT molecular complexity index is 551. The van der Waals surface area contributed by atoms with Crippen LogP contribution in [-0.2, 0) is 14.3 Å². The van der Waals surface area contributed by atoms with E-state index in [2.05, 4.69) is 5.32 Å². The number of carbonyl (C=O) groups excluding carboxylic acids is 3. The van der Waals surface area contributed by atoms with Gasteiger partial charge in [-0.1, -0.05) is 37.5 Å². The van der Waals surface area contributed by atoms with Gasteiger partial charge in [-0.05, 0) is 25.0 Å². The molecule has 1 fully saturated rings. The molecule has 1 saturated heterocycles. The second-order valence-corrected chi connectivity index (χ2v) is 5.86. The molecule has 0 aromatic heterocycles. The third kappa shape index (κ3) is 6.02. The number of hydrogen-bond acceptors (Lipinski definition) is 4. The summed E-state index contributed by atoms with van der Waals surface area (Å²) in [5.41, 5.74) is 0.474. The summed E-state index contributed by atoms with van der Waals surface area (Å²) in [6.45, 7) is 0.934. The Morgan fingerprint density at radius 1 is 0.958 bits per heavy atom. The number of amides is 2. The lowest BCUT2D eigenvalue weighted by molar-refractivity contribution is -0.151. The largest absolute Gasteiger partial charge is 0.454 e. The predicted molar refractivity (Wildman–Crippen MR) is 89.4 cm³/mol. The van der Waals surface area contributed by atoms with Crippen LogP contribution >= 0.6 is 0 Å². The predicted octanol–water partition coefficient (Wildman–Crippen LogP) is 1.75. The minimum Gasteiger partial charge on any atom is -0.454 e. The van der Waals surface area contributed by atoms with Gasteiger partial charge in [0.25, 0.3) is 11.8 Å². The van der Waals surface area contributed by atoms with Crippen LogP contribution in [-0.4, -0.2) is 48.9 Å². The molecule has 1 heterocycles. The fourth-order valence-electron chi connectivity index (χ4n) is 2.63. The van der Waals surface area contributed by atoms with E-state index < -0.39 is 5.97 Å².